The van der Waals surface area contributed by atoms with Gasteiger partial charge in [0, 0.05) is 30.8 Å². The third-order valence-corrected chi connectivity index (χ3v) is 4.50. The molecule has 1 N–H and O–H groups in total. The molecule has 1 aliphatic heterocycles. The van der Waals surface area contributed by atoms with Crippen molar-refractivity contribution in [2.45, 2.75) is 19.4 Å². The van der Waals surface area contributed by atoms with E-state index in [9.17, 15) is 9.59 Å². The smallest absolute Gasteiger partial charge is 0.271 e. The van der Waals surface area contributed by atoms with Crippen molar-refractivity contribution in [3.63, 3.8) is 0 Å². The van der Waals surface area contributed by atoms with E-state index in [1.165, 1.54) is 5.01 Å². The van der Waals surface area contributed by atoms with Crippen LogP contribution in [-0.4, -0.2) is 22.5 Å². The molecule has 2 heterocycles. The zero-order valence-corrected chi connectivity index (χ0v) is 16.2. The van der Waals surface area contributed by atoms with E-state index in [2.05, 4.69) is 15.4 Å². The Morgan fingerprint density at radius 1 is 1.00 bits per heavy atom. The van der Waals surface area contributed by atoms with Crippen LogP contribution in [0.2, 0.25) is 0 Å². The van der Waals surface area contributed by atoms with E-state index in [0.29, 0.717) is 35.9 Å². The van der Waals surface area contributed by atoms with Crippen molar-refractivity contribution in [3.05, 3.63) is 84.7 Å². The van der Waals surface area contributed by atoms with Crippen molar-refractivity contribution in [2.75, 3.05) is 10.3 Å². The lowest BCUT2D eigenvalue weighted by molar-refractivity contribution is -0.118. The number of nitrogens with one attached hydrogen (secondary N) is 1. The first-order chi connectivity index (χ1) is 14.7. The predicted molar refractivity (Wildman–Crippen MR) is 114 cm³/mol. The Bertz CT molecular complexity index is 1070. The number of rotatable bonds is 6. The lowest BCUT2D eigenvalue weighted by Gasteiger charge is -2.23. The molecule has 1 aliphatic rings. The van der Waals surface area contributed by atoms with Crippen molar-refractivity contribution in [2.24, 2.45) is 5.10 Å². The molecule has 0 atom stereocenters. The van der Waals surface area contributed by atoms with E-state index in [4.69, 9.17) is 4.74 Å². The molecule has 0 radical (unpaired) electrons. The molecule has 4 rings (SSSR count). The molecule has 7 nitrogen and oxygen atoms in total. The summed E-state index contributed by atoms with van der Waals surface area (Å²) < 4.78 is 5.75. The molecule has 30 heavy (non-hydrogen) atoms. The zero-order valence-electron chi connectivity index (χ0n) is 16.2. The third-order valence-electron chi connectivity index (χ3n) is 4.50. The van der Waals surface area contributed by atoms with E-state index < -0.39 is 0 Å². The summed E-state index contributed by atoms with van der Waals surface area (Å²) >= 11 is 0. The van der Waals surface area contributed by atoms with Crippen LogP contribution in [0.15, 0.2) is 84.1 Å². The third kappa shape index (κ3) is 4.70. The minimum atomic E-state index is -0.342. The van der Waals surface area contributed by atoms with Crippen LogP contribution in [0, 0.1) is 0 Å². The van der Waals surface area contributed by atoms with Crippen molar-refractivity contribution < 1.29 is 14.3 Å². The van der Waals surface area contributed by atoms with E-state index in [-0.39, 0.29) is 18.2 Å². The summed E-state index contributed by atoms with van der Waals surface area (Å²) in [5.74, 6) is 0.137. The minimum absolute atomic E-state index is 0.136. The fraction of sp³-hybridized carbons (Fsp3) is 0.130. The maximum absolute atomic E-state index is 12.7. The predicted octanol–water partition coefficient (Wildman–Crippen LogP) is 3.78. The van der Waals surface area contributed by atoms with Crippen LogP contribution < -0.4 is 15.1 Å². The van der Waals surface area contributed by atoms with Gasteiger partial charge >= 0.3 is 0 Å². The zero-order chi connectivity index (χ0) is 20.8. The maximum atomic E-state index is 12.7. The second-order valence-corrected chi connectivity index (χ2v) is 6.68. The Kier molecular flexibility index (Phi) is 5.80. The largest absolute Gasteiger partial charge is 0.487 e. The van der Waals surface area contributed by atoms with E-state index in [1.54, 1.807) is 36.5 Å². The van der Waals surface area contributed by atoms with E-state index in [0.717, 1.165) is 5.69 Å². The molecule has 150 valence electrons. The van der Waals surface area contributed by atoms with Gasteiger partial charge in [0.1, 0.15) is 18.1 Å². The molecule has 3 aromatic rings. The van der Waals surface area contributed by atoms with Gasteiger partial charge in [-0.2, -0.15) is 5.10 Å². The Balaban J connectivity index is 1.44. The maximum Gasteiger partial charge on any atom is 0.271 e. The molecule has 0 unspecified atom stereocenters. The normalized spacial score (nSPS) is 13.5. The molecule has 7 heteroatoms. The van der Waals surface area contributed by atoms with Gasteiger partial charge < -0.3 is 10.1 Å². The van der Waals surface area contributed by atoms with Crippen LogP contribution in [-0.2, 0) is 16.2 Å². The number of hydrogen-bond acceptors (Lipinski definition) is 5. The lowest BCUT2D eigenvalue weighted by atomic mass is 10.1. The van der Waals surface area contributed by atoms with Crippen LogP contribution >= 0.6 is 0 Å². The number of carbonyl (C=O) groups is 2. The minimum Gasteiger partial charge on any atom is -0.487 e. The molecule has 0 spiro atoms. The average Bonchev–Trinajstić information content (AvgIpc) is 2.79. The average molecular weight is 400 g/mol. The second kappa shape index (κ2) is 9.00. The van der Waals surface area contributed by atoms with Crippen LogP contribution in [0.25, 0.3) is 0 Å². The number of carbonyl (C=O) groups excluding carboxylic acids is 2. The number of hydrogen-bond donors (Lipinski definition) is 1. The van der Waals surface area contributed by atoms with Crippen molar-refractivity contribution >= 4 is 28.9 Å². The number of amides is 2. The molecule has 0 bridgehead atoms. The summed E-state index contributed by atoms with van der Waals surface area (Å²) in [6.07, 6.45) is 2.24. The summed E-state index contributed by atoms with van der Waals surface area (Å²) in [6.45, 7) is 0.332. The van der Waals surface area contributed by atoms with Crippen molar-refractivity contribution in [1.82, 2.24) is 4.98 Å². The van der Waals surface area contributed by atoms with E-state index in [1.807, 2.05) is 42.5 Å². The molecule has 0 aliphatic carbocycles. The highest BCUT2D eigenvalue weighted by molar-refractivity contribution is 6.44. The summed E-state index contributed by atoms with van der Waals surface area (Å²) in [4.78, 5) is 29.2. The van der Waals surface area contributed by atoms with Gasteiger partial charge in [0.05, 0.1) is 11.4 Å². The van der Waals surface area contributed by atoms with Gasteiger partial charge in [-0.3, -0.25) is 14.6 Å². The van der Waals surface area contributed by atoms with Gasteiger partial charge in [-0.15, -0.1) is 0 Å². The fourth-order valence-electron chi connectivity index (χ4n) is 3.00. The Hall–Kier alpha value is -4.00. The highest BCUT2D eigenvalue weighted by Gasteiger charge is 2.25. The first-order valence-corrected chi connectivity index (χ1v) is 9.59. The number of benzene rings is 2. The Morgan fingerprint density at radius 3 is 2.63 bits per heavy atom. The topological polar surface area (TPSA) is 83.9 Å². The number of ether oxygens (including phenoxy) is 1. The number of para-hydroxylation sites is 1. The lowest BCUT2D eigenvalue weighted by Crippen LogP contribution is -2.36. The SMILES string of the molecule is O=C(Nc1cccc(OCc2ccccn2)c1)C1=NN(c2ccccc2)C(=O)CC1. The van der Waals surface area contributed by atoms with Gasteiger partial charge in [0.2, 0.25) is 5.91 Å². The van der Waals surface area contributed by atoms with Gasteiger partial charge in [-0.25, -0.2) is 5.01 Å². The highest BCUT2D eigenvalue weighted by Crippen LogP contribution is 2.22. The molecular formula is C23H20N4O3. The number of pyridine rings is 1. The quantitative estimate of drug-likeness (QED) is 0.682. The van der Waals surface area contributed by atoms with Gasteiger partial charge in [-0.1, -0.05) is 30.3 Å². The first kappa shape index (κ1) is 19.3. The monoisotopic (exact) mass is 400 g/mol. The molecule has 0 saturated heterocycles. The summed E-state index contributed by atoms with van der Waals surface area (Å²) in [7, 11) is 0. The van der Waals surface area contributed by atoms with Gasteiger partial charge in [0.15, 0.2) is 0 Å². The number of nitrogens with zero attached hydrogens (tertiary/aromatic N) is 3. The van der Waals surface area contributed by atoms with E-state index >= 15 is 0 Å². The van der Waals surface area contributed by atoms with Crippen molar-refractivity contribution in [1.29, 1.82) is 0 Å². The van der Waals surface area contributed by atoms with Crippen LogP contribution in [0.3, 0.4) is 0 Å². The standard InChI is InChI=1S/C23H20N4O3/c28-22-13-12-21(26-27(22)19-9-2-1-3-10-19)23(29)25-17-8-6-11-20(15-17)30-16-18-7-4-5-14-24-18/h1-11,14-15H,12-13,16H2,(H,25,29). The highest BCUT2D eigenvalue weighted by atomic mass is 16.5. The van der Waals surface area contributed by atoms with Gasteiger partial charge in [0.25, 0.3) is 5.91 Å². The van der Waals surface area contributed by atoms with Crippen LogP contribution in [0.5, 0.6) is 5.75 Å². The molecule has 2 amide bonds. The molecule has 2 aromatic carbocycles. The summed E-state index contributed by atoms with van der Waals surface area (Å²) in [5.41, 5.74) is 2.34. The summed E-state index contributed by atoms with van der Waals surface area (Å²) in [5, 5.41) is 8.39. The number of aromatic nitrogens is 1. The van der Waals surface area contributed by atoms with Crippen LogP contribution in [0.1, 0.15) is 18.5 Å². The number of hydrazone groups is 1. The first-order valence-electron chi connectivity index (χ1n) is 9.59. The summed E-state index contributed by atoms with van der Waals surface area (Å²) in [6, 6.07) is 21.8. The van der Waals surface area contributed by atoms with Crippen LogP contribution in [0.4, 0.5) is 11.4 Å². The second-order valence-electron chi connectivity index (χ2n) is 6.68. The molecule has 0 saturated carbocycles. The molecular weight excluding hydrogens is 380 g/mol. The van der Waals surface area contributed by atoms with Crippen molar-refractivity contribution in [3.8, 4) is 5.75 Å². The number of anilines is 2. The Labute approximate surface area is 174 Å². The fourth-order valence-corrected chi connectivity index (χ4v) is 3.00. The van der Waals surface area contributed by atoms with Gasteiger partial charge in [-0.05, 0) is 36.4 Å². The Morgan fingerprint density at radius 2 is 1.83 bits per heavy atom. The molecule has 1 aromatic heterocycles. The molecule has 0 fully saturated rings.